The van der Waals surface area contributed by atoms with Crippen molar-refractivity contribution in [1.29, 1.82) is 0 Å². The van der Waals surface area contributed by atoms with E-state index >= 15 is 0 Å². The van der Waals surface area contributed by atoms with Crippen LogP contribution in [0.3, 0.4) is 0 Å². The molecule has 1 amide bonds. The van der Waals surface area contributed by atoms with E-state index < -0.39 is 4.92 Å². The molecule has 0 bridgehead atoms. The van der Waals surface area contributed by atoms with E-state index in [2.05, 4.69) is 11.9 Å². The molecule has 1 aliphatic heterocycles. The summed E-state index contributed by atoms with van der Waals surface area (Å²) in [6.45, 7) is 4.52. The van der Waals surface area contributed by atoms with Crippen LogP contribution in [0, 0.1) is 10.1 Å². The standard InChI is InChI=1S/C21H21N3O3/c1-3-4-13-23-20-8-6-5-7-19(20)22-15(2)18(21(23)25)14-16-9-11-17(12-10-16)24(26)27/h5-12,14H,3-4,13H2,1-2H3/b18-14-. The van der Waals surface area contributed by atoms with Crippen LogP contribution in [-0.2, 0) is 4.79 Å². The van der Waals surface area contributed by atoms with Crippen LogP contribution in [0.4, 0.5) is 17.1 Å². The van der Waals surface area contributed by atoms with Gasteiger partial charge in [0.1, 0.15) is 0 Å². The van der Waals surface area contributed by atoms with Gasteiger partial charge >= 0.3 is 0 Å². The van der Waals surface area contributed by atoms with Crippen LogP contribution in [0.2, 0.25) is 0 Å². The number of nitrogens with zero attached hydrogens (tertiary/aromatic N) is 3. The van der Waals surface area contributed by atoms with E-state index in [1.807, 2.05) is 31.2 Å². The average Bonchev–Trinajstić information content (AvgIpc) is 2.76. The Kier molecular flexibility index (Phi) is 5.45. The highest BCUT2D eigenvalue weighted by Gasteiger charge is 2.26. The summed E-state index contributed by atoms with van der Waals surface area (Å²) >= 11 is 0. The minimum absolute atomic E-state index is 0.0201. The summed E-state index contributed by atoms with van der Waals surface area (Å²) in [5.41, 5.74) is 3.45. The molecule has 2 aromatic rings. The molecule has 27 heavy (non-hydrogen) atoms. The van der Waals surface area contributed by atoms with Crippen LogP contribution in [-0.4, -0.2) is 23.1 Å². The number of fused-ring (bicyclic) bond motifs is 1. The number of para-hydroxylation sites is 2. The highest BCUT2D eigenvalue weighted by molar-refractivity contribution is 6.30. The summed E-state index contributed by atoms with van der Waals surface area (Å²) in [4.78, 5) is 30.1. The summed E-state index contributed by atoms with van der Waals surface area (Å²) < 4.78 is 0. The van der Waals surface area contributed by atoms with Crippen molar-refractivity contribution in [2.45, 2.75) is 26.7 Å². The van der Waals surface area contributed by atoms with E-state index in [0.29, 0.717) is 17.8 Å². The van der Waals surface area contributed by atoms with Gasteiger partial charge in [-0.25, -0.2) is 0 Å². The molecule has 0 aromatic heterocycles. The summed E-state index contributed by atoms with van der Waals surface area (Å²) in [5, 5.41) is 10.8. The maximum absolute atomic E-state index is 13.3. The molecule has 1 aliphatic rings. The molecule has 6 nitrogen and oxygen atoms in total. The molecule has 3 rings (SSSR count). The number of amides is 1. The lowest BCUT2D eigenvalue weighted by atomic mass is 10.1. The highest BCUT2D eigenvalue weighted by atomic mass is 16.6. The third kappa shape index (κ3) is 3.95. The third-order valence-electron chi connectivity index (χ3n) is 4.48. The molecule has 0 fully saturated rings. The lowest BCUT2D eigenvalue weighted by Gasteiger charge is -2.23. The topological polar surface area (TPSA) is 75.8 Å². The second kappa shape index (κ2) is 7.95. The molecule has 138 valence electrons. The molecule has 6 heteroatoms. The molecule has 0 radical (unpaired) electrons. The van der Waals surface area contributed by atoms with E-state index in [1.165, 1.54) is 12.1 Å². The van der Waals surface area contributed by atoms with Gasteiger partial charge in [0.2, 0.25) is 0 Å². The van der Waals surface area contributed by atoms with Gasteiger partial charge in [-0.05, 0) is 49.2 Å². The molecule has 0 aliphatic carbocycles. The van der Waals surface area contributed by atoms with Crippen molar-refractivity contribution in [2.75, 3.05) is 11.4 Å². The van der Waals surface area contributed by atoms with Crippen LogP contribution >= 0.6 is 0 Å². The fourth-order valence-corrected chi connectivity index (χ4v) is 3.00. The van der Waals surface area contributed by atoms with Gasteiger partial charge in [0.15, 0.2) is 0 Å². The van der Waals surface area contributed by atoms with E-state index in [9.17, 15) is 14.9 Å². The van der Waals surface area contributed by atoms with Gasteiger partial charge in [-0.3, -0.25) is 19.9 Å². The number of carbonyl (C=O) groups is 1. The number of benzene rings is 2. The van der Waals surface area contributed by atoms with Crippen molar-refractivity contribution >= 4 is 34.8 Å². The molecular formula is C21H21N3O3. The Balaban J connectivity index is 2.04. The lowest BCUT2D eigenvalue weighted by Crippen LogP contribution is -2.33. The number of hydrogen-bond donors (Lipinski definition) is 0. The number of anilines is 1. The van der Waals surface area contributed by atoms with Crippen molar-refractivity contribution in [3.05, 3.63) is 69.8 Å². The van der Waals surface area contributed by atoms with Gasteiger partial charge in [0.05, 0.1) is 27.6 Å². The molecule has 0 atom stereocenters. The highest BCUT2D eigenvalue weighted by Crippen LogP contribution is 2.33. The monoisotopic (exact) mass is 363 g/mol. The van der Waals surface area contributed by atoms with Gasteiger partial charge in [0.25, 0.3) is 11.6 Å². The molecule has 1 heterocycles. The predicted molar refractivity (Wildman–Crippen MR) is 108 cm³/mol. The molecule has 0 saturated carbocycles. The first-order chi connectivity index (χ1) is 13.0. The zero-order valence-corrected chi connectivity index (χ0v) is 15.4. The summed E-state index contributed by atoms with van der Waals surface area (Å²) in [6, 6.07) is 13.8. The Morgan fingerprint density at radius 2 is 1.85 bits per heavy atom. The number of nitro benzene ring substituents is 1. The Morgan fingerprint density at radius 3 is 2.52 bits per heavy atom. The molecule has 2 aromatic carbocycles. The van der Waals surface area contributed by atoms with E-state index in [0.717, 1.165) is 29.8 Å². The number of carbonyl (C=O) groups excluding carboxylic acids is 1. The van der Waals surface area contributed by atoms with Gasteiger partial charge < -0.3 is 4.90 Å². The Bertz CT molecular complexity index is 930. The van der Waals surface area contributed by atoms with Crippen molar-refractivity contribution in [2.24, 2.45) is 4.99 Å². The maximum atomic E-state index is 13.3. The third-order valence-corrected chi connectivity index (χ3v) is 4.48. The first kappa shape index (κ1) is 18.5. The molecular weight excluding hydrogens is 342 g/mol. The smallest absolute Gasteiger partial charge is 0.269 e. The average molecular weight is 363 g/mol. The summed E-state index contributed by atoms with van der Waals surface area (Å²) in [6.07, 6.45) is 3.62. The van der Waals surface area contributed by atoms with Gasteiger partial charge in [-0.2, -0.15) is 0 Å². The SMILES string of the molecule is CCCCN1C(=O)/C(=C\c2ccc([N+](=O)[O-])cc2)C(C)=Nc2ccccc21. The second-order valence-electron chi connectivity index (χ2n) is 6.40. The first-order valence-electron chi connectivity index (χ1n) is 8.94. The van der Waals surface area contributed by atoms with Crippen LogP contribution < -0.4 is 4.90 Å². The van der Waals surface area contributed by atoms with Crippen LogP contribution in [0.1, 0.15) is 32.3 Å². The number of non-ortho nitro benzene ring substituents is 1. The van der Waals surface area contributed by atoms with Gasteiger partial charge in [-0.1, -0.05) is 25.5 Å². The molecule has 0 unspecified atom stereocenters. The Labute approximate surface area is 158 Å². The van der Waals surface area contributed by atoms with Crippen molar-refractivity contribution in [3.8, 4) is 0 Å². The zero-order valence-electron chi connectivity index (χ0n) is 15.4. The summed E-state index contributed by atoms with van der Waals surface area (Å²) in [7, 11) is 0. The van der Waals surface area contributed by atoms with E-state index in [-0.39, 0.29) is 11.6 Å². The minimum atomic E-state index is -0.441. The van der Waals surface area contributed by atoms with Crippen LogP contribution in [0.15, 0.2) is 59.1 Å². The van der Waals surface area contributed by atoms with Crippen LogP contribution in [0.25, 0.3) is 6.08 Å². The Morgan fingerprint density at radius 1 is 1.15 bits per heavy atom. The van der Waals surface area contributed by atoms with Gasteiger partial charge in [0, 0.05) is 18.7 Å². The quantitative estimate of drug-likeness (QED) is 0.430. The number of nitro groups is 1. The first-order valence-corrected chi connectivity index (χ1v) is 8.94. The summed E-state index contributed by atoms with van der Waals surface area (Å²) in [5.74, 6) is -0.104. The molecule has 0 saturated heterocycles. The fraction of sp³-hybridized carbons (Fsp3) is 0.238. The number of unbranched alkanes of at least 4 members (excludes halogenated alkanes) is 1. The van der Waals surface area contributed by atoms with E-state index in [1.54, 1.807) is 23.1 Å². The fourth-order valence-electron chi connectivity index (χ4n) is 3.00. The van der Waals surface area contributed by atoms with Crippen LogP contribution in [0.5, 0.6) is 0 Å². The number of aliphatic imine (C=N–C) groups is 1. The van der Waals surface area contributed by atoms with E-state index in [4.69, 9.17) is 0 Å². The van der Waals surface area contributed by atoms with Crippen molar-refractivity contribution in [1.82, 2.24) is 0 Å². The van der Waals surface area contributed by atoms with Gasteiger partial charge in [-0.15, -0.1) is 0 Å². The molecule has 0 spiro atoms. The minimum Gasteiger partial charge on any atom is -0.306 e. The predicted octanol–water partition coefficient (Wildman–Crippen LogP) is 4.92. The number of hydrogen-bond acceptors (Lipinski definition) is 4. The normalized spacial score (nSPS) is 15.3. The second-order valence-corrected chi connectivity index (χ2v) is 6.40. The maximum Gasteiger partial charge on any atom is 0.269 e. The molecule has 0 N–H and O–H groups in total. The Hall–Kier alpha value is -3.28. The zero-order chi connectivity index (χ0) is 19.4. The lowest BCUT2D eigenvalue weighted by molar-refractivity contribution is -0.384. The van der Waals surface area contributed by atoms with Crippen molar-refractivity contribution < 1.29 is 9.72 Å². The van der Waals surface area contributed by atoms with Crippen molar-refractivity contribution in [3.63, 3.8) is 0 Å². The number of rotatable bonds is 5. The largest absolute Gasteiger partial charge is 0.306 e.